The number of ketones is 1. The lowest BCUT2D eigenvalue weighted by Crippen LogP contribution is -2.07. The molecule has 1 N–H and O–H groups in total. The number of imidazole rings is 1. The van der Waals surface area contributed by atoms with Crippen LogP contribution in [0.25, 0.3) is 22.6 Å². The van der Waals surface area contributed by atoms with Gasteiger partial charge in [0.25, 0.3) is 0 Å². The summed E-state index contributed by atoms with van der Waals surface area (Å²) in [6.45, 7) is 2.63. The topological polar surface area (TPSA) is 67.5 Å². The molecule has 0 amide bonds. The van der Waals surface area contributed by atoms with Crippen LogP contribution < -0.4 is 4.90 Å². The normalized spacial score (nSPS) is 11.2. The molecule has 0 fully saturated rings. The quantitative estimate of drug-likeness (QED) is 0.105. The number of rotatable bonds is 21. The number of nitrogens with zero attached hydrogens (tertiary/aromatic N) is 2. The highest BCUT2D eigenvalue weighted by atomic mass is 35.5. The molecular formula is C33H46ClN3O3. The van der Waals surface area contributed by atoms with Crippen LogP contribution in [0.5, 0.6) is 0 Å². The molecule has 218 valence electrons. The molecule has 1 heterocycles. The lowest BCUT2D eigenvalue weighted by Gasteiger charge is -2.12. The van der Waals surface area contributed by atoms with Gasteiger partial charge in [-0.05, 0) is 61.8 Å². The molecule has 40 heavy (non-hydrogen) atoms. The number of aromatic amines is 1. The first-order valence-corrected chi connectivity index (χ1v) is 15.3. The number of carbonyl (C=O) groups is 1. The Morgan fingerprint density at radius 3 is 2.12 bits per heavy atom. The van der Waals surface area contributed by atoms with E-state index in [1.165, 1.54) is 24.1 Å². The highest BCUT2D eigenvalue weighted by molar-refractivity contribution is 6.17. The Labute approximate surface area is 245 Å². The molecule has 3 aromatic rings. The number of anilines is 1. The van der Waals surface area contributed by atoms with Crippen molar-refractivity contribution in [2.24, 2.45) is 0 Å². The van der Waals surface area contributed by atoms with E-state index < -0.39 is 0 Å². The lowest BCUT2D eigenvalue weighted by atomic mass is 10.0. The van der Waals surface area contributed by atoms with Crippen LogP contribution in [0.4, 0.5) is 5.69 Å². The average Bonchev–Trinajstić information content (AvgIpc) is 3.47. The summed E-state index contributed by atoms with van der Waals surface area (Å²) in [5, 5.41) is 0. The third-order valence-electron chi connectivity index (χ3n) is 6.96. The number of H-pyrrole nitrogens is 1. The van der Waals surface area contributed by atoms with E-state index in [-0.39, 0.29) is 0 Å². The molecular weight excluding hydrogens is 522 g/mol. The number of alkyl halides is 1. The molecule has 3 rings (SSSR count). The fourth-order valence-corrected chi connectivity index (χ4v) is 4.69. The van der Waals surface area contributed by atoms with E-state index in [0.29, 0.717) is 38.4 Å². The van der Waals surface area contributed by atoms with E-state index >= 15 is 0 Å². The van der Waals surface area contributed by atoms with Crippen LogP contribution in [0.1, 0.15) is 63.4 Å². The number of unbranched alkanes of at least 4 members (excludes halogenated alkanes) is 4. The van der Waals surface area contributed by atoms with Crippen molar-refractivity contribution in [1.29, 1.82) is 0 Å². The number of nitrogens with one attached hydrogen (secondary N) is 1. The number of ether oxygens (including phenoxy) is 2. The van der Waals surface area contributed by atoms with Crippen molar-refractivity contribution in [1.82, 2.24) is 9.97 Å². The number of hydrogen-bond donors (Lipinski definition) is 1. The zero-order valence-electron chi connectivity index (χ0n) is 24.3. The predicted molar refractivity (Wildman–Crippen MR) is 166 cm³/mol. The summed E-state index contributed by atoms with van der Waals surface area (Å²) >= 11 is 5.67. The first kappa shape index (κ1) is 31.9. The molecule has 7 heteroatoms. The van der Waals surface area contributed by atoms with Crippen molar-refractivity contribution in [3.63, 3.8) is 0 Å². The number of aromatic nitrogens is 2. The second-order valence-electron chi connectivity index (χ2n) is 10.5. The van der Waals surface area contributed by atoms with Gasteiger partial charge in [0.05, 0.1) is 25.1 Å². The fraction of sp³-hybridized carbons (Fsp3) is 0.515. The summed E-state index contributed by atoms with van der Waals surface area (Å²) in [6, 6.07) is 17.0. The van der Waals surface area contributed by atoms with Gasteiger partial charge in [-0.15, -0.1) is 11.6 Å². The van der Waals surface area contributed by atoms with Crippen LogP contribution in [0.15, 0.2) is 54.7 Å². The van der Waals surface area contributed by atoms with Gasteiger partial charge in [-0.1, -0.05) is 49.2 Å². The maximum atomic E-state index is 12.2. The molecule has 0 saturated heterocycles. The lowest BCUT2D eigenvalue weighted by molar-refractivity contribution is -0.119. The van der Waals surface area contributed by atoms with Crippen molar-refractivity contribution in [2.75, 3.05) is 51.3 Å². The van der Waals surface area contributed by atoms with Gasteiger partial charge in [-0.2, -0.15) is 0 Å². The van der Waals surface area contributed by atoms with Crippen LogP contribution in [0.3, 0.4) is 0 Å². The first-order chi connectivity index (χ1) is 19.6. The van der Waals surface area contributed by atoms with Crippen LogP contribution in [-0.4, -0.2) is 62.2 Å². The van der Waals surface area contributed by atoms with Crippen molar-refractivity contribution < 1.29 is 14.3 Å². The SMILES string of the molecule is CN(C)c1ccc(-c2cnc(-c3ccc(CCCCC(=O)CCCOCCOCCCCCCCl)cc3)[nH]2)cc1. The standard InChI is InChI=1S/C33H46ClN3O3/c1-37(2)30-19-17-28(18-20-30)32-26-35-33(36-32)29-15-13-27(14-16-29)10-5-6-11-31(38)12-9-23-40-25-24-39-22-8-4-3-7-21-34/h13-20,26H,3-12,21-25H2,1-2H3,(H,35,36). The predicted octanol–water partition coefficient (Wildman–Crippen LogP) is 7.70. The molecule has 0 saturated carbocycles. The Bertz CT molecular complexity index is 1100. The van der Waals surface area contributed by atoms with Crippen molar-refractivity contribution >= 4 is 23.1 Å². The van der Waals surface area contributed by atoms with Gasteiger partial charge >= 0.3 is 0 Å². The van der Waals surface area contributed by atoms with Gasteiger partial charge in [0.2, 0.25) is 0 Å². The third kappa shape index (κ3) is 11.8. The van der Waals surface area contributed by atoms with E-state index in [1.54, 1.807) is 0 Å². The van der Waals surface area contributed by atoms with Crippen molar-refractivity contribution in [2.45, 2.75) is 64.2 Å². The van der Waals surface area contributed by atoms with Gasteiger partial charge < -0.3 is 19.4 Å². The van der Waals surface area contributed by atoms with Crippen LogP contribution >= 0.6 is 11.6 Å². The van der Waals surface area contributed by atoms with Crippen molar-refractivity contribution in [3.8, 4) is 22.6 Å². The van der Waals surface area contributed by atoms with E-state index in [0.717, 1.165) is 73.7 Å². The first-order valence-electron chi connectivity index (χ1n) is 14.7. The molecule has 0 bridgehead atoms. The average molecular weight is 568 g/mol. The Morgan fingerprint density at radius 1 is 0.775 bits per heavy atom. The number of halogens is 1. The van der Waals surface area contributed by atoms with E-state index in [1.807, 2.05) is 20.3 Å². The second kappa shape index (κ2) is 18.6. The highest BCUT2D eigenvalue weighted by Crippen LogP contribution is 2.24. The number of Topliss-reactive ketones (excluding diaryl/α,β-unsaturated/α-hetero) is 1. The molecule has 0 aliphatic rings. The molecule has 1 aromatic heterocycles. The molecule has 0 spiro atoms. The smallest absolute Gasteiger partial charge is 0.137 e. The summed E-state index contributed by atoms with van der Waals surface area (Å²) in [4.78, 5) is 22.3. The molecule has 0 atom stereocenters. The molecule has 0 aliphatic heterocycles. The monoisotopic (exact) mass is 567 g/mol. The zero-order valence-corrected chi connectivity index (χ0v) is 25.1. The molecule has 0 unspecified atom stereocenters. The summed E-state index contributed by atoms with van der Waals surface area (Å²) < 4.78 is 11.2. The van der Waals surface area contributed by atoms with Gasteiger partial charge in [0.15, 0.2) is 0 Å². The highest BCUT2D eigenvalue weighted by Gasteiger charge is 2.07. The van der Waals surface area contributed by atoms with E-state index in [4.69, 9.17) is 21.1 Å². The van der Waals surface area contributed by atoms with E-state index in [9.17, 15) is 4.79 Å². The third-order valence-corrected chi connectivity index (χ3v) is 7.22. The minimum Gasteiger partial charge on any atom is -0.379 e. The number of benzene rings is 2. The van der Waals surface area contributed by atoms with E-state index in [2.05, 4.69) is 63.4 Å². The van der Waals surface area contributed by atoms with Crippen molar-refractivity contribution in [3.05, 3.63) is 60.3 Å². The van der Waals surface area contributed by atoms with Gasteiger partial charge in [-0.3, -0.25) is 4.79 Å². The zero-order chi connectivity index (χ0) is 28.4. The van der Waals surface area contributed by atoms with Gasteiger partial charge in [0.1, 0.15) is 11.6 Å². The second-order valence-corrected chi connectivity index (χ2v) is 10.8. The summed E-state index contributed by atoms with van der Waals surface area (Å²) in [7, 11) is 4.08. The Balaban J connectivity index is 1.24. The van der Waals surface area contributed by atoms with Crippen LogP contribution in [-0.2, 0) is 20.7 Å². The number of carbonyl (C=O) groups excluding carboxylic acids is 1. The summed E-state index contributed by atoms with van der Waals surface area (Å²) in [5.74, 6) is 1.95. The Hall–Kier alpha value is -2.67. The largest absolute Gasteiger partial charge is 0.379 e. The Morgan fingerprint density at radius 2 is 1.43 bits per heavy atom. The van der Waals surface area contributed by atoms with Crippen LogP contribution in [0.2, 0.25) is 0 Å². The minimum absolute atomic E-state index is 0.331. The molecule has 2 aromatic carbocycles. The number of aryl methyl sites for hydroxylation is 1. The van der Waals surface area contributed by atoms with Gasteiger partial charge in [0, 0.05) is 57.3 Å². The summed E-state index contributed by atoms with van der Waals surface area (Å²) in [6.07, 6.45) is 11.3. The van der Waals surface area contributed by atoms with Gasteiger partial charge in [-0.25, -0.2) is 4.98 Å². The maximum Gasteiger partial charge on any atom is 0.137 e. The summed E-state index contributed by atoms with van der Waals surface area (Å²) in [5.41, 5.74) is 5.66. The molecule has 0 aliphatic carbocycles. The number of hydrogen-bond acceptors (Lipinski definition) is 5. The molecule has 0 radical (unpaired) electrons. The Kier molecular flexibility index (Phi) is 14.8. The maximum absolute atomic E-state index is 12.2. The minimum atomic E-state index is 0.331. The fourth-order valence-electron chi connectivity index (χ4n) is 4.50. The van der Waals surface area contributed by atoms with Crippen LogP contribution in [0, 0.1) is 0 Å². The molecule has 6 nitrogen and oxygen atoms in total.